The highest BCUT2D eigenvalue weighted by Crippen LogP contribution is 2.33. The summed E-state index contributed by atoms with van der Waals surface area (Å²) in [7, 11) is -0.145. The molecule has 0 unspecified atom stereocenters. The van der Waals surface area contributed by atoms with Crippen LogP contribution in [0.15, 0.2) is 59.5 Å². The number of nitrogens with zero attached hydrogens (tertiary/aromatic N) is 1. The predicted octanol–water partition coefficient (Wildman–Crippen LogP) is 3.12. The Kier molecular flexibility index (Phi) is 4.18. The van der Waals surface area contributed by atoms with Gasteiger partial charge in [0.2, 0.25) is 0 Å². The van der Waals surface area contributed by atoms with Crippen molar-refractivity contribution in [3.8, 4) is 11.5 Å². The standard InChI is InChI=1S/C18H18N2O4S/c1-20(2)16-7-3-6-14-13(16)5-4-8-18(14)25(23,24)19-15-10-9-12(21)11-17(15)22/h3-11,19,21-22H,1-2H3. The maximum absolute atomic E-state index is 12.8. The van der Waals surface area contributed by atoms with E-state index in [4.69, 9.17) is 0 Å². The van der Waals surface area contributed by atoms with Gasteiger partial charge in [0.25, 0.3) is 10.0 Å². The Morgan fingerprint density at radius 3 is 2.28 bits per heavy atom. The summed E-state index contributed by atoms with van der Waals surface area (Å²) in [6.45, 7) is 0. The minimum Gasteiger partial charge on any atom is -0.508 e. The minimum atomic E-state index is -3.93. The SMILES string of the molecule is CN(C)c1cccc2c(S(=O)(=O)Nc3ccc(O)cc3O)cccc12. The number of aromatic hydroxyl groups is 2. The first-order valence-electron chi connectivity index (χ1n) is 7.53. The molecule has 3 aromatic carbocycles. The van der Waals surface area contributed by atoms with Crippen molar-refractivity contribution in [3.63, 3.8) is 0 Å². The molecule has 25 heavy (non-hydrogen) atoms. The van der Waals surface area contributed by atoms with Crippen LogP contribution in [0.2, 0.25) is 0 Å². The maximum Gasteiger partial charge on any atom is 0.262 e. The minimum absolute atomic E-state index is 0.00133. The van der Waals surface area contributed by atoms with Crippen LogP contribution in [0.25, 0.3) is 10.8 Å². The van der Waals surface area contributed by atoms with E-state index in [1.54, 1.807) is 18.2 Å². The molecule has 3 aromatic rings. The summed E-state index contributed by atoms with van der Waals surface area (Å²) in [5.41, 5.74) is 0.903. The second kappa shape index (κ2) is 6.18. The molecular weight excluding hydrogens is 340 g/mol. The van der Waals surface area contributed by atoms with Crippen molar-refractivity contribution >= 4 is 32.2 Å². The van der Waals surface area contributed by atoms with Crippen molar-refractivity contribution in [2.24, 2.45) is 0 Å². The number of hydrogen-bond donors (Lipinski definition) is 3. The predicted molar refractivity (Wildman–Crippen MR) is 98.9 cm³/mol. The molecular formula is C18H18N2O4S. The molecule has 0 aliphatic carbocycles. The number of rotatable bonds is 4. The van der Waals surface area contributed by atoms with Crippen LogP contribution in [0.1, 0.15) is 0 Å². The average molecular weight is 358 g/mol. The Balaban J connectivity index is 2.13. The number of benzene rings is 3. The molecule has 0 atom stereocenters. The zero-order chi connectivity index (χ0) is 18.2. The molecule has 0 heterocycles. The molecule has 0 amide bonds. The lowest BCUT2D eigenvalue weighted by Crippen LogP contribution is -2.14. The maximum atomic E-state index is 12.8. The molecule has 0 aliphatic heterocycles. The molecule has 7 heteroatoms. The van der Waals surface area contributed by atoms with Crippen LogP contribution in [0.5, 0.6) is 11.5 Å². The van der Waals surface area contributed by atoms with Gasteiger partial charge in [-0.3, -0.25) is 4.72 Å². The fraction of sp³-hybridized carbons (Fsp3) is 0.111. The molecule has 0 spiro atoms. The van der Waals surface area contributed by atoms with Gasteiger partial charge < -0.3 is 15.1 Å². The topological polar surface area (TPSA) is 89.9 Å². The van der Waals surface area contributed by atoms with Gasteiger partial charge in [-0.05, 0) is 24.3 Å². The van der Waals surface area contributed by atoms with E-state index < -0.39 is 10.0 Å². The van der Waals surface area contributed by atoms with Crippen molar-refractivity contribution in [2.45, 2.75) is 4.90 Å². The van der Waals surface area contributed by atoms with Gasteiger partial charge in [-0.15, -0.1) is 0 Å². The highest BCUT2D eigenvalue weighted by atomic mass is 32.2. The van der Waals surface area contributed by atoms with E-state index in [1.165, 1.54) is 18.2 Å². The fourth-order valence-corrected chi connectivity index (χ4v) is 3.99. The number of sulfonamides is 1. The van der Waals surface area contributed by atoms with Crippen molar-refractivity contribution in [1.29, 1.82) is 0 Å². The van der Waals surface area contributed by atoms with Crippen LogP contribution in [-0.4, -0.2) is 32.7 Å². The number of nitrogens with one attached hydrogen (secondary N) is 1. The Morgan fingerprint density at radius 1 is 0.920 bits per heavy atom. The van der Waals surface area contributed by atoms with Crippen LogP contribution in [0.4, 0.5) is 11.4 Å². The summed E-state index contributed by atoms with van der Waals surface area (Å²) in [6, 6.07) is 14.2. The molecule has 6 nitrogen and oxygen atoms in total. The van der Waals surface area contributed by atoms with E-state index >= 15 is 0 Å². The first-order chi connectivity index (χ1) is 11.8. The molecule has 0 saturated carbocycles. The molecule has 0 aliphatic rings. The number of phenols is 2. The Bertz CT molecular complexity index is 1050. The Morgan fingerprint density at radius 2 is 1.60 bits per heavy atom. The summed E-state index contributed by atoms with van der Waals surface area (Å²) < 4.78 is 28.0. The van der Waals surface area contributed by atoms with Gasteiger partial charge in [-0.25, -0.2) is 8.42 Å². The monoisotopic (exact) mass is 358 g/mol. The normalized spacial score (nSPS) is 11.4. The Labute approximate surface area is 146 Å². The Hall–Kier alpha value is -2.93. The highest BCUT2D eigenvalue weighted by Gasteiger charge is 2.20. The lowest BCUT2D eigenvalue weighted by atomic mass is 10.1. The molecule has 0 saturated heterocycles. The molecule has 3 rings (SSSR count). The van der Waals surface area contributed by atoms with Gasteiger partial charge in [0.05, 0.1) is 10.6 Å². The zero-order valence-electron chi connectivity index (χ0n) is 13.8. The van der Waals surface area contributed by atoms with Crippen LogP contribution < -0.4 is 9.62 Å². The van der Waals surface area contributed by atoms with Crippen LogP contribution in [0, 0.1) is 0 Å². The zero-order valence-corrected chi connectivity index (χ0v) is 14.6. The number of fused-ring (bicyclic) bond motifs is 1. The number of phenolic OH excluding ortho intramolecular Hbond substituents is 2. The molecule has 3 N–H and O–H groups in total. The van der Waals surface area contributed by atoms with Crippen molar-refractivity contribution in [3.05, 3.63) is 54.6 Å². The van der Waals surface area contributed by atoms with Crippen LogP contribution >= 0.6 is 0 Å². The van der Waals surface area contributed by atoms with Crippen molar-refractivity contribution in [1.82, 2.24) is 0 Å². The van der Waals surface area contributed by atoms with Crippen molar-refractivity contribution in [2.75, 3.05) is 23.7 Å². The fourth-order valence-electron chi connectivity index (χ4n) is 2.69. The summed E-state index contributed by atoms with van der Waals surface area (Å²) in [5.74, 6) is -0.501. The number of hydrogen-bond acceptors (Lipinski definition) is 5. The van der Waals surface area contributed by atoms with E-state index in [2.05, 4.69) is 4.72 Å². The van der Waals surface area contributed by atoms with E-state index in [0.29, 0.717) is 5.39 Å². The highest BCUT2D eigenvalue weighted by molar-refractivity contribution is 7.93. The van der Waals surface area contributed by atoms with Crippen molar-refractivity contribution < 1.29 is 18.6 Å². The summed E-state index contributed by atoms with van der Waals surface area (Å²) in [6.07, 6.45) is 0. The second-order valence-electron chi connectivity index (χ2n) is 5.83. The second-order valence-corrected chi connectivity index (χ2v) is 7.48. The summed E-state index contributed by atoms with van der Waals surface area (Å²) in [5, 5.41) is 20.6. The molecule has 0 bridgehead atoms. The van der Waals surface area contributed by atoms with Crippen LogP contribution in [-0.2, 0) is 10.0 Å². The van der Waals surface area contributed by atoms with E-state index in [9.17, 15) is 18.6 Å². The first kappa shape index (κ1) is 16.9. The third kappa shape index (κ3) is 3.18. The summed E-state index contributed by atoms with van der Waals surface area (Å²) in [4.78, 5) is 2.03. The molecule has 130 valence electrons. The quantitative estimate of drug-likeness (QED) is 0.492. The van der Waals surface area contributed by atoms with Gasteiger partial charge in [0.1, 0.15) is 11.5 Å². The molecule has 0 aromatic heterocycles. The average Bonchev–Trinajstić information content (AvgIpc) is 2.56. The number of anilines is 2. The third-order valence-electron chi connectivity index (χ3n) is 3.86. The molecule has 0 radical (unpaired) electrons. The third-order valence-corrected chi connectivity index (χ3v) is 5.28. The lowest BCUT2D eigenvalue weighted by molar-refractivity contribution is 0.452. The van der Waals surface area contributed by atoms with E-state index in [0.717, 1.165) is 17.1 Å². The first-order valence-corrected chi connectivity index (χ1v) is 9.02. The van der Waals surface area contributed by atoms with Gasteiger partial charge in [-0.1, -0.05) is 24.3 Å². The van der Waals surface area contributed by atoms with Gasteiger partial charge in [0, 0.05) is 36.6 Å². The van der Waals surface area contributed by atoms with E-state index in [1.807, 2.05) is 31.1 Å². The van der Waals surface area contributed by atoms with Gasteiger partial charge >= 0.3 is 0 Å². The van der Waals surface area contributed by atoms with Gasteiger partial charge in [-0.2, -0.15) is 0 Å². The molecule has 0 fully saturated rings. The lowest BCUT2D eigenvalue weighted by Gasteiger charge is -2.17. The van der Waals surface area contributed by atoms with Gasteiger partial charge in [0.15, 0.2) is 0 Å². The summed E-state index contributed by atoms with van der Waals surface area (Å²) >= 11 is 0. The van der Waals surface area contributed by atoms with E-state index in [-0.39, 0.29) is 22.1 Å². The van der Waals surface area contributed by atoms with Crippen LogP contribution in [0.3, 0.4) is 0 Å². The smallest absolute Gasteiger partial charge is 0.262 e. The largest absolute Gasteiger partial charge is 0.508 e.